The fraction of sp³-hybridized carbons (Fsp3) is 0.400. The fourth-order valence-corrected chi connectivity index (χ4v) is 2.32. The monoisotopic (exact) mass is 265 g/mol. The van der Waals surface area contributed by atoms with Gasteiger partial charge >= 0.3 is 0 Å². The van der Waals surface area contributed by atoms with Gasteiger partial charge in [-0.15, -0.1) is 0 Å². The molecule has 7 heteroatoms. The van der Waals surface area contributed by atoms with Gasteiger partial charge in [-0.3, -0.25) is 0 Å². The zero-order valence-corrected chi connectivity index (χ0v) is 10.3. The van der Waals surface area contributed by atoms with Gasteiger partial charge in [0.15, 0.2) is 11.6 Å². The standard InChI is InChI=1S/C10H13F2NO3S/c1-13(5-6-16-2)17(14,15)8-3-4-9(11)10(12)7-8/h3-4,7H,5-6H2,1-2H3. The molecule has 96 valence electrons. The predicted molar refractivity (Wildman–Crippen MR) is 58.0 cm³/mol. The fourth-order valence-electron chi connectivity index (χ4n) is 1.16. The van der Waals surface area contributed by atoms with E-state index in [0.717, 1.165) is 16.4 Å². The smallest absolute Gasteiger partial charge is 0.243 e. The van der Waals surface area contributed by atoms with Crippen LogP contribution in [0.4, 0.5) is 8.78 Å². The lowest BCUT2D eigenvalue weighted by Gasteiger charge is -2.16. The summed E-state index contributed by atoms with van der Waals surface area (Å²) in [5.41, 5.74) is 0. The van der Waals surface area contributed by atoms with Crippen molar-refractivity contribution < 1.29 is 21.9 Å². The number of hydrogen-bond donors (Lipinski definition) is 0. The van der Waals surface area contributed by atoms with Gasteiger partial charge in [0.05, 0.1) is 11.5 Å². The Balaban J connectivity index is 3.00. The highest BCUT2D eigenvalue weighted by Gasteiger charge is 2.21. The van der Waals surface area contributed by atoms with Crippen LogP contribution in [0, 0.1) is 11.6 Å². The van der Waals surface area contributed by atoms with Gasteiger partial charge in [0.2, 0.25) is 10.0 Å². The third kappa shape index (κ3) is 3.21. The SMILES string of the molecule is COCCN(C)S(=O)(=O)c1ccc(F)c(F)c1. The summed E-state index contributed by atoms with van der Waals surface area (Å²) in [7, 11) is -1.02. The van der Waals surface area contributed by atoms with E-state index in [4.69, 9.17) is 4.74 Å². The summed E-state index contributed by atoms with van der Waals surface area (Å²) in [4.78, 5) is -0.282. The summed E-state index contributed by atoms with van der Waals surface area (Å²) in [5.74, 6) is -2.27. The summed E-state index contributed by atoms with van der Waals surface area (Å²) >= 11 is 0. The number of benzene rings is 1. The van der Waals surface area contributed by atoms with E-state index in [-0.39, 0.29) is 18.0 Å². The van der Waals surface area contributed by atoms with Gasteiger partial charge < -0.3 is 4.74 Å². The third-order valence-electron chi connectivity index (χ3n) is 2.21. The van der Waals surface area contributed by atoms with Crippen LogP contribution in [0.2, 0.25) is 0 Å². The zero-order chi connectivity index (χ0) is 13.1. The zero-order valence-electron chi connectivity index (χ0n) is 9.48. The summed E-state index contributed by atoms with van der Waals surface area (Å²) in [6.45, 7) is 0.358. The van der Waals surface area contributed by atoms with Crippen molar-refractivity contribution in [1.82, 2.24) is 4.31 Å². The first kappa shape index (κ1) is 14.0. The van der Waals surface area contributed by atoms with Gasteiger partial charge in [0, 0.05) is 20.7 Å². The third-order valence-corrected chi connectivity index (χ3v) is 4.06. The minimum Gasteiger partial charge on any atom is -0.383 e. The Morgan fingerprint density at radius 3 is 2.47 bits per heavy atom. The number of likely N-dealkylation sites (N-methyl/N-ethyl adjacent to an activating group) is 1. The molecule has 0 aliphatic carbocycles. The predicted octanol–water partition coefficient (Wildman–Crippen LogP) is 1.23. The van der Waals surface area contributed by atoms with Gasteiger partial charge in [0.25, 0.3) is 0 Å². The molecular formula is C10H13F2NO3S. The van der Waals surface area contributed by atoms with Crippen molar-refractivity contribution >= 4 is 10.0 Å². The number of rotatable bonds is 5. The summed E-state index contributed by atoms with van der Waals surface area (Å²) in [5, 5.41) is 0. The van der Waals surface area contributed by atoms with Crippen LogP contribution in [0.1, 0.15) is 0 Å². The molecule has 0 amide bonds. The van der Waals surface area contributed by atoms with Crippen LogP contribution in [0.5, 0.6) is 0 Å². The van der Waals surface area contributed by atoms with Crippen molar-refractivity contribution in [3.05, 3.63) is 29.8 Å². The number of hydrogen-bond acceptors (Lipinski definition) is 3. The van der Waals surface area contributed by atoms with Crippen molar-refractivity contribution in [2.45, 2.75) is 4.90 Å². The lowest BCUT2D eigenvalue weighted by Crippen LogP contribution is -2.30. The topological polar surface area (TPSA) is 46.6 Å². The Bertz CT molecular complexity index is 490. The highest BCUT2D eigenvalue weighted by Crippen LogP contribution is 2.17. The number of halogens is 2. The molecule has 1 rings (SSSR count). The molecule has 0 spiro atoms. The minimum atomic E-state index is -3.80. The van der Waals surface area contributed by atoms with Gasteiger partial charge in [0.1, 0.15) is 0 Å². The van der Waals surface area contributed by atoms with E-state index in [9.17, 15) is 17.2 Å². The Morgan fingerprint density at radius 2 is 1.94 bits per heavy atom. The van der Waals surface area contributed by atoms with Crippen LogP contribution in [0.3, 0.4) is 0 Å². The first-order valence-electron chi connectivity index (χ1n) is 4.80. The molecule has 0 saturated carbocycles. The maximum absolute atomic E-state index is 12.9. The molecule has 0 aromatic heterocycles. The van der Waals surface area contributed by atoms with Gasteiger partial charge in [-0.1, -0.05) is 0 Å². The average Bonchev–Trinajstić information content (AvgIpc) is 2.29. The average molecular weight is 265 g/mol. The molecule has 17 heavy (non-hydrogen) atoms. The van der Waals surface area contributed by atoms with Crippen molar-refractivity contribution in [3.63, 3.8) is 0 Å². The molecule has 0 aliphatic rings. The molecular weight excluding hydrogens is 252 g/mol. The van der Waals surface area contributed by atoms with Crippen LogP contribution in [-0.4, -0.2) is 40.0 Å². The molecule has 0 heterocycles. The van der Waals surface area contributed by atoms with E-state index in [1.807, 2.05) is 0 Å². The normalized spacial score (nSPS) is 12.1. The number of ether oxygens (including phenoxy) is 1. The number of nitrogens with zero attached hydrogens (tertiary/aromatic N) is 1. The molecule has 0 saturated heterocycles. The van der Waals surface area contributed by atoms with Crippen LogP contribution >= 0.6 is 0 Å². The van der Waals surface area contributed by atoms with Crippen LogP contribution < -0.4 is 0 Å². The lowest BCUT2D eigenvalue weighted by molar-refractivity contribution is 0.185. The Kier molecular flexibility index (Phi) is 4.55. The highest BCUT2D eigenvalue weighted by molar-refractivity contribution is 7.89. The molecule has 0 aliphatic heterocycles. The van der Waals surface area contributed by atoms with Crippen LogP contribution in [0.15, 0.2) is 23.1 Å². The maximum atomic E-state index is 12.9. The molecule has 0 atom stereocenters. The molecule has 0 fully saturated rings. The molecule has 0 unspecified atom stereocenters. The quantitative estimate of drug-likeness (QED) is 0.804. The molecule has 0 bridgehead atoms. The van der Waals surface area contributed by atoms with E-state index in [2.05, 4.69) is 0 Å². The number of sulfonamides is 1. The van der Waals surface area contributed by atoms with Gasteiger partial charge in [-0.25, -0.2) is 17.2 Å². The highest BCUT2D eigenvalue weighted by atomic mass is 32.2. The molecule has 1 aromatic carbocycles. The summed E-state index contributed by atoms with van der Waals surface area (Å²) in [6.07, 6.45) is 0. The van der Waals surface area contributed by atoms with E-state index in [1.54, 1.807) is 0 Å². The van der Waals surface area contributed by atoms with Gasteiger partial charge in [-0.2, -0.15) is 4.31 Å². The lowest BCUT2D eigenvalue weighted by atomic mass is 10.3. The van der Waals surface area contributed by atoms with Crippen molar-refractivity contribution in [2.24, 2.45) is 0 Å². The Morgan fingerprint density at radius 1 is 1.29 bits per heavy atom. The summed E-state index contributed by atoms with van der Waals surface area (Å²) in [6, 6.07) is 2.47. The number of methoxy groups -OCH3 is 1. The Labute approximate surface area is 98.9 Å². The molecule has 1 aromatic rings. The van der Waals surface area contributed by atoms with Crippen molar-refractivity contribution in [2.75, 3.05) is 27.3 Å². The van der Waals surface area contributed by atoms with E-state index < -0.39 is 21.7 Å². The molecule has 4 nitrogen and oxygen atoms in total. The van der Waals surface area contributed by atoms with Crippen LogP contribution in [-0.2, 0) is 14.8 Å². The largest absolute Gasteiger partial charge is 0.383 e. The van der Waals surface area contributed by atoms with Crippen LogP contribution in [0.25, 0.3) is 0 Å². The first-order chi connectivity index (χ1) is 7.89. The van der Waals surface area contributed by atoms with Crippen molar-refractivity contribution in [1.29, 1.82) is 0 Å². The van der Waals surface area contributed by atoms with E-state index in [0.29, 0.717) is 6.07 Å². The Hall–Kier alpha value is -1.05. The maximum Gasteiger partial charge on any atom is 0.243 e. The second kappa shape index (κ2) is 5.52. The van der Waals surface area contributed by atoms with Crippen molar-refractivity contribution in [3.8, 4) is 0 Å². The van der Waals surface area contributed by atoms with Gasteiger partial charge in [-0.05, 0) is 18.2 Å². The second-order valence-electron chi connectivity index (χ2n) is 3.40. The molecule has 0 N–H and O–H groups in total. The summed E-state index contributed by atoms with van der Waals surface area (Å²) < 4.78 is 55.2. The minimum absolute atomic E-state index is 0.137. The second-order valence-corrected chi connectivity index (χ2v) is 5.44. The first-order valence-corrected chi connectivity index (χ1v) is 6.24. The molecule has 0 radical (unpaired) electrons. The van der Waals surface area contributed by atoms with E-state index >= 15 is 0 Å². The van der Waals surface area contributed by atoms with E-state index in [1.165, 1.54) is 14.2 Å².